The molecule has 0 bridgehead atoms. The average molecular weight is 525 g/mol. The molecule has 1 aliphatic carbocycles. The summed E-state index contributed by atoms with van der Waals surface area (Å²) in [5, 5.41) is 7.08. The maximum absolute atomic E-state index is 14.7. The predicted molar refractivity (Wildman–Crippen MR) is 136 cm³/mol. The number of alkyl halides is 2. The lowest BCUT2D eigenvalue weighted by Crippen LogP contribution is -2.27. The SMILES string of the molecule is COc1ccc(CCOc2nc(-c3ccccc3F)n(-c3cccc(NC(=O)C4(Cl)CC4F)c3)n2)cc1. The van der Waals surface area contributed by atoms with Crippen molar-refractivity contribution in [3.05, 3.63) is 84.2 Å². The van der Waals surface area contributed by atoms with Gasteiger partial charge >= 0.3 is 6.01 Å². The lowest BCUT2D eigenvalue weighted by atomic mass is 10.1. The highest BCUT2D eigenvalue weighted by atomic mass is 35.5. The smallest absolute Gasteiger partial charge is 0.336 e. The first-order valence-corrected chi connectivity index (χ1v) is 12.0. The molecular weight excluding hydrogens is 502 g/mol. The number of rotatable bonds is 9. The lowest BCUT2D eigenvalue weighted by Gasteiger charge is -2.11. The third-order valence-corrected chi connectivity index (χ3v) is 6.58. The van der Waals surface area contributed by atoms with Gasteiger partial charge in [-0.3, -0.25) is 4.79 Å². The van der Waals surface area contributed by atoms with Gasteiger partial charge in [0.1, 0.15) is 17.7 Å². The van der Waals surface area contributed by atoms with Gasteiger partial charge < -0.3 is 14.8 Å². The van der Waals surface area contributed by atoms with Gasteiger partial charge in [-0.1, -0.05) is 30.3 Å². The van der Waals surface area contributed by atoms with Crippen molar-refractivity contribution < 1.29 is 23.0 Å². The fourth-order valence-corrected chi connectivity index (χ4v) is 3.97. The average Bonchev–Trinajstić information content (AvgIpc) is 3.32. The molecule has 0 spiro atoms. The molecule has 1 aliphatic rings. The summed E-state index contributed by atoms with van der Waals surface area (Å²) >= 11 is 6.01. The van der Waals surface area contributed by atoms with Crippen LogP contribution < -0.4 is 14.8 Å². The highest BCUT2D eigenvalue weighted by Crippen LogP contribution is 2.46. The summed E-state index contributed by atoms with van der Waals surface area (Å²) < 4.78 is 40.6. The monoisotopic (exact) mass is 524 g/mol. The molecule has 0 aliphatic heterocycles. The van der Waals surface area contributed by atoms with Gasteiger partial charge in [0.25, 0.3) is 0 Å². The van der Waals surface area contributed by atoms with Crippen molar-refractivity contribution in [1.82, 2.24) is 14.8 Å². The molecule has 0 radical (unpaired) electrons. The summed E-state index contributed by atoms with van der Waals surface area (Å²) in [7, 11) is 1.61. The van der Waals surface area contributed by atoms with E-state index >= 15 is 0 Å². The third-order valence-electron chi connectivity index (χ3n) is 6.02. The summed E-state index contributed by atoms with van der Waals surface area (Å²) in [6.07, 6.45) is -0.805. The van der Waals surface area contributed by atoms with Crippen LogP contribution in [-0.2, 0) is 11.2 Å². The minimum Gasteiger partial charge on any atom is -0.497 e. The number of benzene rings is 3. The van der Waals surface area contributed by atoms with Gasteiger partial charge in [0.2, 0.25) is 5.91 Å². The molecule has 2 atom stereocenters. The second-order valence-corrected chi connectivity index (χ2v) is 9.27. The molecule has 10 heteroatoms. The molecule has 0 saturated heterocycles. The minimum absolute atomic E-state index is 0.0299. The van der Waals surface area contributed by atoms with Crippen molar-refractivity contribution in [1.29, 1.82) is 0 Å². The number of hydrogen-bond acceptors (Lipinski definition) is 5. The summed E-state index contributed by atoms with van der Waals surface area (Å²) in [6.45, 7) is 0.297. The zero-order valence-electron chi connectivity index (χ0n) is 19.8. The Morgan fingerprint density at radius 3 is 2.62 bits per heavy atom. The Morgan fingerprint density at radius 1 is 1.16 bits per heavy atom. The number of ether oxygens (including phenoxy) is 2. The van der Waals surface area contributed by atoms with Crippen LogP contribution in [-0.4, -0.2) is 45.4 Å². The number of halogens is 3. The molecule has 4 aromatic rings. The fraction of sp³-hybridized carbons (Fsp3) is 0.222. The summed E-state index contributed by atoms with van der Waals surface area (Å²) in [5.74, 6) is -0.103. The largest absolute Gasteiger partial charge is 0.497 e. The van der Waals surface area contributed by atoms with Gasteiger partial charge in [0, 0.05) is 18.5 Å². The van der Waals surface area contributed by atoms with E-state index in [-0.39, 0.29) is 23.8 Å². The van der Waals surface area contributed by atoms with Crippen LogP contribution in [0.4, 0.5) is 14.5 Å². The van der Waals surface area contributed by atoms with Crippen LogP contribution in [0.5, 0.6) is 11.8 Å². The van der Waals surface area contributed by atoms with Crippen molar-refractivity contribution in [2.75, 3.05) is 19.0 Å². The number of hydrogen-bond donors (Lipinski definition) is 1. The Hall–Kier alpha value is -3.98. The Kier molecular flexibility index (Phi) is 6.80. The van der Waals surface area contributed by atoms with Gasteiger partial charge in [0.05, 0.1) is 25.0 Å². The normalized spacial score (nSPS) is 18.3. The van der Waals surface area contributed by atoms with Crippen molar-refractivity contribution in [3.8, 4) is 28.8 Å². The minimum atomic E-state index is -1.54. The molecule has 1 amide bonds. The van der Waals surface area contributed by atoms with Crippen molar-refractivity contribution in [2.24, 2.45) is 0 Å². The van der Waals surface area contributed by atoms with Crippen molar-refractivity contribution in [2.45, 2.75) is 23.9 Å². The Balaban J connectivity index is 1.40. The predicted octanol–water partition coefficient (Wildman–Crippen LogP) is 5.36. The molecule has 1 aromatic heterocycles. The van der Waals surface area contributed by atoms with Crippen LogP contribution in [0.2, 0.25) is 0 Å². The van der Waals surface area contributed by atoms with Crippen molar-refractivity contribution in [3.63, 3.8) is 0 Å². The van der Waals surface area contributed by atoms with Gasteiger partial charge in [0.15, 0.2) is 10.7 Å². The summed E-state index contributed by atoms with van der Waals surface area (Å²) in [6, 6.07) is 20.6. The van der Waals surface area contributed by atoms with E-state index in [1.165, 1.54) is 10.7 Å². The Bertz CT molecular complexity index is 1430. The van der Waals surface area contributed by atoms with E-state index in [1.54, 1.807) is 49.6 Å². The van der Waals surface area contributed by atoms with E-state index in [0.717, 1.165) is 11.3 Å². The van der Waals surface area contributed by atoms with Crippen LogP contribution >= 0.6 is 11.6 Å². The molecule has 1 fully saturated rings. The zero-order chi connectivity index (χ0) is 26.0. The molecular formula is C27H23ClF2N4O3. The van der Waals surface area contributed by atoms with Crippen LogP contribution in [0.25, 0.3) is 17.1 Å². The first-order chi connectivity index (χ1) is 17.9. The highest BCUT2D eigenvalue weighted by molar-refractivity contribution is 6.39. The van der Waals surface area contributed by atoms with Gasteiger partial charge in [-0.2, -0.15) is 4.98 Å². The summed E-state index contributed by atoms with van der Waals surface area (Å²) in [4.78, 5) is 15.3. The second-order valence-electron chi connectivity index (χ2n) is 8.59. The molecule has 3 aromatic carbocycles. The van der Waals surface area contributed by atoms with Crippen molar-refractivity contribution >= 4 is 23.2 Å². The standard InChI is InChI=1S/C27H23ClF2N4O3/c1-36-20-11-9-17(10-12-20)13-14-37-26-32-24(21-7-2-3-8-22(21)29)34(33-26)19-6-4-5-18(15-19)31-25(35)27(28)16-23(27)30/h2-12,15,23H,13-14,16H2,1H3,(H,31,35). The van der Waals surface area contributed by atoms with Gasteiger partial charge in [-0.05, 0) is 48.0 Å². The Morgan fingerprint density at radius 2 is 1.92 bits per heavy atom. The topological polar surface area (TPSA) is 78.3 Å². The zero-order valence-corrected chi connectivity index (χ0v) is 20.6. The molecule has 37 heavy (non-hydrogen) atoms. The highest BCUT2D eigenvalue weighted by Gasteiger charge is 2.60. The maximum atomic E-state index is 14.7. The van der Waals surface area contributed by atoms with E-state index in [9.17, 15) is 13.6 Å². The number of nitrogens with one attached hydrogen (secondary N) is 1. The number of anilines is 1. The first kappa shape index (κ1) is 24.7. The van der Waals surface area contributed by atoms with Gasteiger partial charge in [-0.25, -0.2) is 13.5 Å². The van der Waals surface area contributed by atoms with Crippen LogP contribution in [0.15, 0.2) is 72.8 Å². The molecule has 1 saturated carbocycles. The molecule has 190 valence electrons. The van der Waals surface area contributed by atoms with E-state index in [1.807, 2.05) is 24.3 Å². The van der Waals surface area contributed by atoms with Gasteiger partial charge in [-0.15, -0.1) is 16.7 Å². The number of carbonyl (C=O) groups excluding carboxylic acids is 1. The Labute approximate surface area is 217 Å². The molecule has 1 N–H and O–H groups in total. The number of carbonyl (C=O) groups is 1. The fourth-order valence-electron chi connectivity index (χ4n) is 3.79. The second kappa shape index (κ2) is 10.2. The lowest BCUT2D eigenvalue weighted by molar-refractivity contribution is -0.116. The van der Waals surface area contributed by atoms with E-state index in [0.29, 0.717) is 24.4 Å². The van der Waals surface area contributed by atoms with Crippen LogP contribution in [0.1, 0.15) is 12.0 Å². The van der Waals surface area contributed by atoms with Crippen LogP contribution in [0.3, 0.4) is 0 Å². The van der Waals surface area contributed by atoms with Crippen LogP contribution in [0, 0.1) is 5.82 Å². The number of methoxy groups -OCH3 is 1. The van der Waals surface area contributed by atoms with E-state index in [4.69, 9.17) is 21.1 Å². The molecule has 7 nitrogen and oxygen atoms in total. The number of amides is 1. The number of aromatic nitrogens is 3. The number of nitrogens with zero attached hydrogens (tertiary/aromatic N) is 3. The summed E-state index contributed by atoms with van der Waals surface area (Å²) in [5.41, 5.74) is 2.15. The molecule has 2 unspecified atom stereocenters. The quantitative estimate of drug-likeness (QED) is 0.298. The van der Waals surface area contributed by atoms with E-state index < -0.39 is 22.8 Å². The molecule has 5 rings (SSSR count). The first-order valence-electron chi connectivity index (χ1n) is 11.6. The van der Waals surface area contributed by atoms with E-state index in [2.05, 4.69) is 15.4 Å². The maximum Gasteiger partial charge on any atom is 0.336 e. The third kappa shape index (κ3) is 5.27. The molecule has 1 heterocycles.